The molecule has 0 aliphatic heterocycles. The molecule has 12 heavy (non-hydrogen) atoms. The van der Waals surface area contributed by atoms with Crippen molar-refractivity contribution in [2.45, 2.75) is 6.54 Å². The number of benzene rings is 1. The zero-order chi connectivity index (χ0) is 8.27. The number of phenols is 1. The Balaban J connectivity index is 0.00000121. The van der Waals surface area contributed by atoms with E-state index in [0.717, 1.165) is 5.56 Å². The second kappa shape index (κ2) is 5.25. The standard InChI is InChI=1S/C8H10ClNO.ClH/c1-10-5-6-3-2-4-7(9)8(6)11;/h2-4,10-11H,5H2,1H3;1H. The Bertz CT molecular complexity index is 253. The molecule has 0 heterocycles. The van der Waals surface area contributed by atoms with Gasteiger partial charge in [0.15, 0.2) is 0 Å². The van der Waals surface area contributed by atoms with Crippen LogP contribution in [0.3, 0.4) is 0 Å². The Kier molecular flexibility index (Phi) is 5.06. The minimum atomic E-state index is 0. The van der Waals surface area contributed by atoms with Crippen molar-refractivity contribution in [3.63, 3.8) is 0 Å². The predicted octanol–water partition coefficient (Wildman–Crippen LogP) is 2.19. The van der Waals surface area contributed by atoms with Gasteiger partial charge < -0.3 is 10.4 Å². The van der Waals surface area contributed by atoms with Crippen LogP contribution in [0.25, 0.3) is 0 Å². The van der Waals surface area contributed by atoms with Crippen molar-refractivity contribution in [1.82, 2.24) is 5.32 Å². The summed E-state index contributed by atoms with van der Waals surface area (Å²) in [6, 6.07) is 5.31. The lowest BCUT2D eigenvalue weighted by Gasteiger charge is -2.03. The monoisotopic (exact) mass is 207 g/mol. The number of hydrogen-bond acceptors (Lipinski definition) is 2. The van der Waals surface area contributed by atoms with Gasteiger partial charge in [-0.1, -0.05) is 23.7 Å². The average molecular weight is 208 g/mol. The molecule has 0 aromatic heterocycles. The molecular formula is C8H11Cl2NO. The summed E-state index contributed by atoms with van der Waals surface area (Å²) in [6.07, 6.45) is 0. The second-order valence-corrected chi connectivity index (χ2v) is 2.69. The summed E-state index contributed by atoms with van der Waals surface area (Å²) >= 11 is 5.67. The van der Waals surface area contributed by atoms with Crippen LogP contribution in [0.5, 0.6) is 5.75 Å². The quantitative estimate of drug-likeness (QED) is 0.780. The molecule has 0 bridgehead atoms. The van der Waals surface area contributed by atoms with Crippen molar-refractivity contribution in [2.24, 2.45) is 0 Å². The van der Waals surface area contributed by atoms with E-state index in [2.05, 4.69) is 5.32 Å². The van der Waals surface area contributed by atoms with E-state index in [1.807, 2.05) is 19.2 Å². The van der Waals surface area contributed by atoms with Gasteiger partial charge in [-0.15, -0.1) is 12.4 Å². The molecule has 1 rings (SSSR count). The highest BCUT2D eigenvalue weighted by Gasteiger charge is 2.02. The third-order valence-corrected chi connectivity index (χ3v) is 1.74. The van der Waals surface area contributed by atoms with E-state index in [0.29, 0.717) is 11.6 Å². The van der Waals surface area contributed by atoms with Crippen molar-refractivity contribution in [1.29, 1.82) is 0 Å². The first kappa shape index (κ1) is 11.6. The van der Waals surface area contributed by atoms with Crippen molar-refractivity contribution in [2.75, 3.05) is 7.05 Å². The van der Waals surface area contributed by atoms with Crippen LogP contribution in [0, 0.1) is 0 Å². The molecule has 0 saturated carbocycles. The first-order valence-corrected chi connectivity index (χ1v) is 3.74. The summed E-state index contributed by atoms with van der Waals surface area (Å²) in [5, 5.41) is 12.7. The van der Waals surface area contributed by atoms with E-state index in [4.69, 9.17) is 11.6 Å². The zero-order valence-corrected chi connectivity index (χ0v) is 8.25. The van der Waals surface area contributed by atoms with Gasteiger partial charge >= 0.3 is 0 Å². The molecule has 4 heteroatoms. The molecule has 2 N–H and O–H groups in total. The molecule has 0 aliphatic carbocycles. The van der Waals surface area contributed by atoms with Gasteiger partial charge in [0.25, 0.3) is 0 Å². The molecule has 1 aromatic carbocycles. The molecule has 1 aromatic rings. The molecule has 68 valence electrons. The smallest absolute Gasteiger partial charge is 0.138 e. The summed E-state index contributed by atoms with van der Waals surface area (Å²) in [5.74, 6) is 0.170. The van der Waals surface area contributed by atoms with Gasteiger partial charge in [-0.2, -0.15) is 0 Å². The minimum Gasteiger partial charge on any atom is -0.506 e. The summed E-state index contributed by atoms with van der Waals surface area (Å²) in [4.78, 5) is 0. The van der Waals surface area contributed by atoms with Crippen LogP contribution < -0.4 is 5.32 Å². The summed E-state index contributed by atoms with van der Waals surface area (Å²) in [6.45, 7) is 0.631. The SMILES string of the molecule is CNCc1cccc(Cl)c1O.Cl. The van der Waals surface area contributed by atoms with Crippen LogP contribution >= 0.6 is 24.0 Å². The van der Waals surface area contributed by atoms with Crippen LogP contribution in [0.15, 0.2) is 18.2 Å². The highest BCUT2D eigenvalue weighted by atomic mass is 35.5. The number of hydrogen-bond donors (Lipinski definition) is 2. The fourth-order valence-electron chi connectivity index (χ4n) is 0.893. The molecule has 0 amide bonds. The van der Waals surface area contributed by atoms with Gasteiger partial charge in [-0.05, 0) is 13.1 Å². The van der Waals surface area contributed by atoms with Gasteiger partial charge in [-0.25, -0.2) is 0 Å². The molecular weight excluding hydrogens is 197 g/mol. The Hall–Kier alpha value is -0.440. The minimum absolute atomic E-state index is 0. The van der Waals surface area contributed by atoms with Gasteiger partial charge in [0.05, 0.1) is 5.02 Å². The lowest BCUT2D eigenvalue weighted by Crippen LogP contribution is -2.04. The van der Waals surface area contributed by atoms with Crippen LogP contribution in [-0.2, 0) is 6.54 Å². The predicted molar refractivity (Wildman–Crippen MR) is 53.1 cm³/mol. The maximum Gasteiger partial charge on any atom is 0.138 e. The lowest BCUT2D eigenvalue weighted by atomic mass is 10.2. The Morgan fingerprint density at radius 1 is 1.50 bits per heavy atom. The van der Waals surface area contributed by atoms with Crippen molar-refractivity contribution in [3.8, 4) is 5.75 Å². The normalized spacial score (nSPS) is 9.17. The third-order valence-electron chi connectivity index (χ3n) is 1.44. The number of para-hydroxylation sites is 1. The lowest BCUT2D eigenvalue weighted by molar-refractivity contribution is 0.466. The highest BCUT2D eigenvalue weighted by Crippen LogP contribution is 2.26. The van der Waals surface area contributed by atoms with E-state index in [-0.39, 0.29) is 18.2 Å². The van der Waals surface area contributed by atoms with Crippen LogP contribution in [0.1, 0.15) is 5.56 Å². The van der Waals surface area contributed by atoms with Crippen LogP contribution in [-0.4, -0.2) is 12.2 Å². The van der Waals surface area contributed by atoms with Crippen molar-refractivity contribution in [3.05, 3.63) is 28.8 Å². The topological polar surface area (TPSA) is 32.3 Å². The summed E-state index contributed by atoms with van der Waals surface area (Å²) in [5.41, 5.74) is 0.819. The average Bonchev–Trinajstić information content (AvgIpc) is 1.99. The number of aromatic hydroxyl groups is 1. The molecule has 0 fully saturated rings. The van der Waals surface area contributed by atoms with E-state index in [1.165, 1.54) is 0 Å². The van der Waals surface area contributed by atoms with Crippen LogP contribution in [0.2, 0.25) is 5.02 Å². The summed E-state index contributed by atoms with van der Waals surface area (Å²) < 4.78 is 0. The van der Waals surface area contributed by atoms with E-state index >= 15 is 0 Å². The van der Waals surface area contributed by atoms with Crippen molar-refractivity contribution < 1.29 is 5.11 Å². The number of rotatable bonds is 2. The van der Waals surface area contributed by atoms with E-state index in [1.54, 1.807) is 6.07 Å². The first-order chi connectivity index (χ1) is 5.25. The fourth-order valence-corrected chi connectivity index (χ4v) is 1.09. The fraction of sp³-hybridized carbons (Fsp3) is 0.250. The molecule has 2 nitrogen and oxygen atoms in total. The largest absolute Gasteiger partial charge is 0.506 e. The van der Waals surface area contributed by atoms with Crippen LogP contribution in [0.4, 0.5) is 0 Å². The number of halogens is 2. The Morgan fingerprint density at radius 3 is 2.75 bits per heavy atom. The molecule has 0 saturated heterocycles. The summed E-state index contributed by atoms with van der Waals surface area (Å²) in [7, 11) is 1.82. The molecule has 0 spiro atoms. The van der Waals surface area contributed by atoms with Gasteiger partial charge in [0.2, 0.25) is 0 Å². The second-order valence-electron chi connectivity index (χ2n) is 2.28. The van der Waals surface area contributed by atoms with Crippen molar-refractivity contribution >= 4 is 24.0 Å². The number of phenolic OH excluding ortho intramolecular Hbond substituents is 1. The van der Waals surface area contributed by atoms with E-state index in [9.17, 15) is 5.11 Å². The highest BCUT2D eigenvalue weighted by molar-refractivity contribution is 6.32. The maximum atomic E-state index is 9.36. The number of nitrogens with one attached hydrogen (secondary N) is 1. The van der Waals surface area contributed by atoms with Gasteiger partial charge in [0, 0.05) is 12.1 Å². The Morgan fingerprint density at radius 2 is 2.17 bits per heavy atom. The maximum absolute atomic E-state index is 9.36. The molecule has 0 radical (unpaired) electrons. The Labute approximate surface area is 83.0 Å². The zero-order valence-electron chi connectivity index (χ0n) is 6.67. The molecule has 0 atom stereocenters. The van der Waals surface area contributed by atoms with Gasteiger partial charge in [0.1, 0.15) is 5.75 Å². The van der Waals surface area contributed by atoms with Gasteiger partial charge in [-0.3, -0.25) is 0 Å². The third kappa shape index (κ3) is 2.55. The molecule has 0 aliphatic rings. The van der Waals surface area contributed by atoms with E-state index < -0.39 is 0 Å². The first-order valence-electron chi connectivity index (χ1n) is 3.36. The molecule has 0 unspecified atom stereocenters.